The monoisotopic (exact) mass is 464 g/mol. The second-order valence-electron chi connectivity index (χ2n) is 8.25. The maximum atomic E-state index is 13.2. The number of aromatic nitrogens is 3. The Morgan fingerprint density at radius 3 is 2.74 bits per heavy atom. The zero-order chi connectivity index (χ0) is 24.4. The highest BCUT2D eigenvalue weighted by Gasteiger charge is 2.35. The zero-order valence-electron chi connectivity index (χ0n) is 18.7. The van der Waals surface area contributed by atoms with Crippen molar-refractivity contribution < 1.29 is 19.1 Å². The van der Waals surface area contributed by atoms with Crippen LogP contribution in [0.3, 0.4) is 0 Å². The SMILES string of the molecule is COc1ncc(NC(=O)C(=O)N2CC(C)CCC2c2ccc3[nH]c(=O)ccc3n2)cc1C(N)=O. The van der Waals surface area contributed by atoms with Crippen molar-refractivity contribution in [1.29, 1.82) is 0 Å². The minimum Gasteiger partial charge on any atom is -0.480 e. The number of primary amides is 1. The number of methoxy groups -OCH3 is 1. The van der Waals surface area contributed by atoms with Crippen LogP contribution >= 0.6 is 0 Å². The molecular formula is C23H24N6O5. The van der Waals surface area contributed by atoms with Crippen LogP contribution in [0.25, 0.3) is 11.0 Å². The van der Waals surface area contributed by atoms with Crippen LogP contribution in [-0.2, 0) is 9.59 Å². The lowest BCUT2D eigenvalue weighted by Crippen LogP contribution is -2.46. The summed E-state index contributed by atoms with van der Waals surface area (Å²) in [6.07, 6.45) is 2.78. The Morgan fingerprint density at radius 1 is 1.21 bits per heavy atom. The molecule has 4 rings (SSSR count). The first-order valence-electron chi connectivity index (χ1n) is 10.7. The van der Waals surface area contributed by atoms with Gasteiger partial charge in [-0.1, -0.05) is 6.92 Å². The Kier molecular flexibility index (Phi) is 6.26. The summed E-state index contributed by atoms with van der Waals surface area (Å²) in [5.41, 5.74) is 7.05. The van der Waals surface area contributed by atoms with E-state index in [1.165, 1.54) is 30.3 Å². The fourth-order valence-electron chi connectivity index (χ4n) is 4.10. The number of pyridine rings is 3. The first-order valence-corrected chi connectivity index (χ1v) is 10.7. The molecule has 0 aromatic carbocycles. The van der Waals surface area contributed by atoms with Crippen LogP contribution in [0.2, 0.25) is 0 Å². The molecule has 1 saturated heterocycles. The quantitative estimate of drug-likeness (QED) is 0.491. The van der Waals surface area contributed by atoms with E-state index in [0.29, 0.717) is 29.7 Å². The average Bonchev–Trinajstić information content (AvgIpc) is 2.83. The summed E-state index contributed by atoms with van der Waals surface area (Å²) in [5.74, 6) is -2.15. The lowest BCUT2D eigenvalue weighted by Gasteiger charge is -2.38. The van der Waals surface area contributed by atoms with E-state index in [1.807, 2.05) is 6.92 Å². The van der Waals surface area contributed by atoms with Gasteiger partial charge in [-0.3, -0.25) is 19.2 Å². The number of nitrogens with two attached hydrogens (primary N) is 1. The second kappa shape index (κ2) is 9.30. The van der Waals surface area contributed by atoms with Gasteiger partial charge in [0, 0.05) is 12.6 Å². The predicted octanol–water partition coefficient (Wildman–Crippen LogP) is 1.36. The molecule has 4 N–H and O–H groups in total. The van der Waals surface area contributed by atoms with Gasteiger partial charge < -0.3 is 25.7 Å². The minimum atomic E-state index is -0.869. The van der Waals surface area contributed by atoms with Crippen LogP contribution in [0.5, 0.6) is 5.88 Å². The standard InChI is InChI=1S/C23H24N6O5/c1-12-3-7-18(17-5-4-16-15(27-17)6-8-19(30)28-16)29(11-12)23(33)21(32)26-13-9-14(20(24)31)22(34-2)25-10-13/h4-6,8-10,12,18H,3,7,11H2,1-2H3,(H2,24,31)(H,26,32)(H,28,30). The zero-order valence-corrected chi connectivity index (χ0v) is 18.7. The molecule has 3 aromatic heterocycles. The number of carbonyl (C=O) groups excluding carboxylic acids is 3. The Labute approximate surface area is 194 Å². The molecule has 1 aliphatic heterocycles. The van der Waals surface area contributed by atoms with Gasteiger partial charge in [0.15, 0.2) is 0 Å². The number of fused-ring (bicyclic) bond motifs is 1. The Balaban J connectivity index is 1.59. The van der Waals surface area contributed by atoms with Crippen molar-refractivity contribution in [2.24, 2.45) is 11.7 Å². The second-order valence-corrected chi connectivity index (χ2v) is 8.25. The molecule has 0 aliphatic carbocycles. The molecule has 176 valence electrons. The number of amides is 3. The third-order valence-electron chi connectivity index (χ3n) is 5.78. The van der Waals surface area contributed by atoms with Gasteiger partial charge in [0.05, 0.1) is 41.8 Å². The maximum absolute atomic E-state index is 13.2. The number of nitrogens with one attached hydrogen (secondary N) is 2. The van der Waals surface area contributed by atoms with Gasteiger partial charge in [-0.15, -0.1) is 0 Å². The minimum absolute atomic E-state index is 0.0179. The number of likely N-dealkylation sites (tertiary alicyclic amines) is 1. The number of piperidine rings is 1. The van der Waals surface area contributed by atoms with E-state index in [2.05, 4.69) is 20.3 Å². The summed E-state index contributed by atoms with van der Waals surface area (Å²) in [4.78, 5) is 62.0. The normalized spacial score (nSPS) is 17.9. The van der Waals surface area contributed by atoms with E-state index >= 15 is 0 Å². The number of carbonyl (C=O) groups is 3. The van der Waals surface area contributed by atoms with Gasteiger partial charge in [0.1, 0.15) is 5.56 Å². The van der Waals surface area contributed by atoms with Gasteiger partial charge in [-0.05, 0) is 43.0 Å². The third-order valence-corrected chi connectivity index (χ3v) is 5.78. The number of hydrogen-bond acceptors (Lipinski definition) is 7. The largest absolute Gasteiger partial charge is 0.480 e. The maximum Gasteiger partial charge on any atom is 0.313 e. The number of anilines is 1. The van der Waals surface area contributed by atoms with Crippen molar-refractivity contribution in [3.05, 3.63) is 58.1 Å². The lowest BCUT2D eigenvalue weighted by atomic mass is 9.92. The number of rotatable bonds is 4. The molecule has 3 aromatic rings. The first-order chi connectivity index (χ1) is 16.3. The Bertz CT molecular complexity index is 1340. The summed E-state index contributed by atoms with van der Waals surface area (Å²) in [7, 11) is 1.34. The summed E-state index contributed by atoms with van der Waals surface area (Å²) < 4.78 is 4.99. The molecule has 34 heavy (non-hydrogen) atoms. The molecule has 2 unspecified atom stereocenters. The molecular weight excluding hydrogens is 440 g/mol. The van der Waals surface area contributed by atoms with Crippen molar-refractivity contribution in [3.8, 4) is 5.88 Å². The van der Waals surface area contributed by atoms with Gasteiger partial charge in [0.2, 0.25) is 11.4 Å². The summed E-state index contributed by atoms with van der Waals surface area (Å²) in [5, 5.41) is 2.49. The fourth-order valence-corrected chi connectivity index (χ4v) is 4.10. The predicted molar refractivity (Wildman–Crippen MR) is 123 cm³/mol. The van der Waals surface area contributed by atoms with E-state index < -0.39 is 23.8 Å². The lowest BCUT2D eigenvalue weighted by molar-refractivity contribution is -0.146. The van der Waals surface area contributed by atoms with Crippen molar-refractivity contribution in [1.82, 2.24) is 19.9 Å². The van der Waals surface area contributed by atoms with Crippen LogP contribution in [0.4, 0.5) is 5.69 Å². The topological polar surface area (TPSA) is 160 Å². The van der Waals surface area contributed by atoms with Gasteiger partial charge in [-0.2, -0.15) is 0 Å². The number of ether oxygens (including phenoxy) is 1. The number of aromatic amines is 1. The van der Waals surface area contributed by atoms with Crippen molar-refractivity contribution in [2.75, 3.05) is 19.0 Å². The van der Waals surface area contributed by atoms with Gasteiger partial charge >= 0.3 is 11.8 Å². The number of hydrogen-bond donors (Lipinski definition) is 3. The highest BCUT2D eigenvalue weighted by Crippen LogP contribution is 2.33. The van der Waals surface area contributed by atoms with Crippen molar-refractivity contribution in [3.63, 3.8) is 0 Å². The van der Waals surface area contributed by atoms with Crippen molar-refractivity contribution in [2.45, 2.75) is 25.8 Å². The Hall–Kier alpha value is -4.28. The average molecular weight is 464 g/mol. The number of H-pyrrole nitrogens is 1. The number of nitrogens with zero attached hydrogens (tertiary/aromatic N) is 3. The van der Waals surface area contributed by atoms with E-state index in [9.17, 15) is 19.2 Å². The molecule has 0 radical (unpaired) electrons. The van der Waals surface area contributed by atoms with E-state index in [1.54, 1.807) is 18.2 Å². The first kappa shape index (κ1) is 22.9. The van der Waals surface area contributed by atoms with Crippen LogP contribution < -0.4 is 21.3 Å². The third kappa shape index (κ3) is 4.58. The van der Waals surface area contributed by atoms with Crippen LogP contribution in [-0.4, -0.2) is 51.2 Å². The van der Waals surface area contributed by atoms with E-state index in [0.717, 1.165) is 6.42 Å². The molecule has 0 bridgehead atoms. The molecule has 2 atom stereocenters. The van der Waals surface area contributed by atoms with Crippen molar-refractivity contribution >= 4 is 34.4 Å². The Morgan fingerprint density at radius 2 is 2.00 bits per heavy atom. The molecule has 0 saturated carbocycles. The van der Waals surface area contributed by atoms with Gasteiger partial charge in [-0.25, -0.2) is 9.97 Å². The van der Waals surface area contributed by atoms with E-state index in [-0.39, 0.29) is 28.6 Å². The van der Waals surface area contributed by atoms with Crippen LogP contribution in [0, 0.1) is 5.92 Å². The molecule has 3 amide bonds. The van der Waals surface area contributed by atoms with Crippen LogP contribution in [0.15, 0.2) is 41.3 Å². The molecule has 11 heteroatoms. The molecule has 4 heterocycles. The highest BCUT2D eigenvalue weighted by molar-refractivity contribution is 6.39. The molecule has 1 aliphatic rings. The van der Waals surface area contributed by atoms with Crippen LogP contribution in [0.1, 0.15) is 41.9 Å². The molecule has 0 spiro atoms. The molecule has 11 nitrogen and oxygen atoms in total. The van der Waals surface area contributed by atoms with E-state index in [4.69, 9.17) is 10.5 Å². The molecule has 1 fully saturated rings. The highest BCUT2D eigenvalue weighted by atomic mass is 16.5. The summed E-state index contributed by atoms with van der Waals surface area (Å²) in [6.45, 7) is 2.40. The smallest absolute Gasteiger partial charge is 0.313 e. The fraction of sp³-hybridized carbons (Fsp3) is 0.304. The van der Waals surface area contributed by atoms with Gasteiger partial charge in [0.25, 0.3) is 5.91 Å². The summed E-state index contributed by atoms with van der Waals surface area (Å²) in [6, 6.07) is 7.41. The summed E-state index contributed by atoms with van der Waals surface area (Å²) >= 11 is 0.